The fourth-order valence-electron chi connectivity index (χ4n) is 3.44. The molecule has 28 heavy (non-hydrogen) atoms. The zero-order chi connectivity index (χ0) is 20.0. The van der Waals surface area contributed by atoms with Crippen LogP contribution in [0.25, 0.3) is 0 Å². The lowest BCUT2D eigenvalue weighted by Gasteiger charge is -2.34. The van der Waals surface area contributed by atoms with Gasteiger partial charge in [-0.25, -0.2) is 4.39 Å². The number of nitrogens with zero attached hydrogens (tertiary/aromatic N) is 2. The molecule has 0 aliphatic carbocycles. The maximum atomic E-state index is 12.9. The number of Topliss-reactive ketones (excluding diaryl/α,β-unsaturated/α-hetero) is 1. The van der Waals surface area contributed by atoms with Crippen molar-refractivity contribution in [2.24, 2.45) is 0 Å². The highest BCUT2D eigenvalue weighted by atomic mass is 32.2. The second kappa shape index (κ2) is 9.89. The third-order valence-corrected chi connectivity index (χ3v) is 7.06. The topological polar surface area (TPSA) is 76.2 Å². The minimum atomic E-state index is -3.47. The minimum Gasteiger partial charge on any atom is -0.380 e. The maximum Gasteiger partial charge on any atom is 0.282 e. The van der Waals surface area contributed by atoms with Crippen molar-refractivity contribution in [1.82, 2.24) is 8.61 Å². The van der Waals surface area contributed by atoms with Crippen molar-refractivity contribution in [1.29, 1.82) is 0 Å². The van der Waals surface area contributed by atoms with E-state index in [4.69, 9.17) is 9.47 Å². The number of hydrogen-bond donors (Lipinski definition) is 0. The fourth-order valence-corrected chi connectivity index (χ4v) is 5.10. The predicted molar refractivity (Wildman–Crippen MR) is 102 cm³/mol. The number of piperidine rings is 1. The van der Waals surface area contributed by atoms with Crippen molar-refractivity contribution in [2.45, 2.75) is 31.8 Å². The molecule has 9 heteroatoms. The maximum absolute atomic E-state index is 12.9. The molecule has 2 fully saturated rings. The summed E-state index contributed by atoms with van der Waals surface area (Å²) in [6, 6.07) is 5.83. The SMILES string of the molecule is O=C(COC1CCN(S(=O)(=O)N2CCCOCC2)CC1)Cc1ccc(F)cc1. The van der Waals surface area contributed by atoms with E-state index in [9.17, 15) is 17.6 Å². The molecule has 2 saturated heterocycles. The van der Waals surface area contributed by atoms with Crippen molar-refractivity contribution in [3.05, 3.63) is 35.6 Å². The summed E-state index contributed by atoms with van der Waals surface area (Å²) >= 11 is 0. The zero-order valence-corrected chi connectivity index (χ0v) is 16.7. The van der Waals surface area contributed by atoms with Gasteiger partial charge < -0.3 is 9.47 Å². The van der Waals surface area contributed by atoms with E-state index in [-0.39, 0.29) is 30.7 Å². The first kappa shape index (κ1) is 21.3. The van der Waals surface area contributed by atoms with Gasteiger partial charge in [0.15, 0.2) is 5.78 Å². The lowest BCUT2D eigenvalue weighted by Crippen LogP contribution is -2.49. The molecule has 1 aromatic rings. The molecule has 2 aliphatic heterocycles. The highest BCUT2D eigenvalue weighted by molar-refractivity contribution is 7.86. The summed E-state index contributed by atoms with van der Waals surface area (Å²) in [7, 11) is -3.47. The molecule has 7 nitrogen and oxygen atoms in total. The quantitative estimate of drug-likeness (QED) is 0.674. The first-order chi connectivity index (χ1) is 13.4. The van der Waals surface area contributed by atoms with Crippen LogP contribution >= 0.6 is 0 Å². The highest BCUT2D eigenvalue weighted by Crippen LogP contribution is 2.20. The van der Waals surface area contributed by atoms with Crippen LogP contribution in [-0.2, 0) is 30.9 Å². The smallest absolute Gasteiger partial charge is 0.282 e. The molecule has 0 unspecified atom stereocenters. The summed E-state index contributed by atoms with van der Waals surface area (Å²) in [6.45, 7) is 2.64. The van der Waals surface area contributed by atoms with Crippen LogP contribution in [0.5, 0.6) is 0 Å². The fraction of sp³-hybridized carbons (Fsp3) is 0.632. The van der Waals surface area contributed by atoms with E-state index < -0.39 is 10.2 Å². The van der Waals surface area contributed by atoms with Crippen LogP contribution in [0.1, 0.15) is 24.8 Å². The number of ether oxygens (including phenoxy) is 2. The van der Waals surface area contributed by atoms with Gasteiger partial charge in [-0.3, -0.25) is 4.79 Å². The largest absolute Gasteiger partial charge is 0.380 e. The summed E-state index contributed by atoms with van der Waals surface area (Å²) in [5.41, 5.74) is 0.748. The van der Waals surface area contributed by atoms with E-state index in [1.54, 1.807) is 12.1 Å². The molecule has 0 spiro atoms. The Morgan fingerprint density at radius 1 is 1.07 bits per heavy atom. The summed E-state index contributed by atoms with van der Waals surface area (Å²) in [5.74, 6) is -0.409. The van der Waals surface area contributed by atoms with Crippen molar-refractivity contribution in [3.63, 3.8) is 0 Å². The number of ketones is 1. The van der Waals surface area contributed by atoms with Gasteiger partial charge in [-0.15, -0.1) is 0 Å². The first-order valence-corrected chi connectivity index (χ1v) is 11.1. The number of carbonyl (C=O) groups excluding carboxylic acids is 1. The van der Waals surface area contributed by atoms with Gasteiger partial charge >= 0.3 is 0 Å². The Balaban J connectivity index is 1.42. The van der Waals surface area contributed by atoms with Crippen molar-refractivity contribution in [2.75, 3.05) is 46.0 Å². The molecule has 0 radical (unpaired) electrons. The van der Waals surface area contributed by atoms with E-state index >= 15 is 0 Å². The number of carbonyl (C=O) groups is 1. The Hall–Kier alpha value is -1.39. The van der Waals surface area contributed by atoms with Gasteiger partial charge in [0.1, 0.15) is 12.4 Å². The van der Waals surface area contributed by atoms with Crippen LogP contribution in [0.2, 0.25) is 0 Å². The molecule has 1 aromatic carbocycles. The normalized spacial score (nSPS) is 20.8. The van der Waals surface area contributed by atoms with Gasteiger partial charge in [0.05, 0.1) is 12.7 Å². The standard InChI is InChI=1S/C19H27FN2O5S/c20-17-4-2-16(3-5-17)14-18(23)15-27-19-6-9-22(10-7-19)28(24,25)21-8-1-12-26-13-11-21/h2-5,19H,1,6-15H2. The molecule has 0 saturated carbocycles. The van der Waals surface area contributed by atoms with Gasteiger partial charge in [0.25, 0.3) is 10.2 Å². The molecular formula is C19H27FN2O5S. The van der Waals surface area contributed by atoms with Crippen LogP contribution in [-0.4, -0.2) is 74.9 Å². The zero-order valence-electron chi connectivity index (χ0n) is 15.9. The molecule has 0 atom stereocenters. The lowest BCUT2D eigenvalue weighted by atomic mass is 10.1. The summed E-state index contributed by atoms with van der Waals surface area (Å²) in [5, 5.41) is 0. The summed E-state index contributed by atoms with van der Waals surface area (Å²) < 4.78 is 52.5. The Morgan fingerprint density at radius 3 is 2.46 bits per heavy atom. The second-order valence-electron chi connectivity index (χ2n) is 7.12. The van der Waals surface area contributed by atoms with Gasteiger partial charge in [-0.2, -0.15) is 17.0 Å². The number of rotatable bonds is 7. The lowest BCUT2D eigenvalue weighted by molar-refractivity contribution is -0.125. The van der Waals surface area contributed by atoms with Gasteiger partial charge in [0, 0.05) is 39.2 Å². The van der Waals surface area contributed by atoms with Crippen LogP contribution in [0, 0.1) is 5.82 Å². The molecule has 0 aromatic heterocycles. The second-order valence-corrected chi connectivity index (χ2v) is 9.05. The van der Waals surface area contributed by atoms with Gasteiger partial charge in [0.2, 0.25) is 0 Å². The number of hydrogen-bond acceptors (Lipinski definition) is 5. The van der Waals surface area contributed by atoms with Crippen LogP contribution in [0.4, 0.5) is 4.39 Å². The van der Waals surface area contributed by atoms with Crippen LogP contribution in [0.15, 0.2) is 24.3 Å². The van der Waals surface area contributed by atoms with Gasteiger partial charge in [-0.1, -0.05) is 12.1 Å². The summed E-state index contributed by atoms with van der Waals surface area (Å²) in [6.07, 6.45) is 1.90. The molecule has 2 aliphatic rings. The summed E-state index contributed by atoms with van der Waals surface area (Å²) in [4.78, 5) is 12.1. The monoisotopic (exact) mass is 414 g/mol. The average Bonchev–Trinajstić information content (AvgIpc) is 2.99. The van der Waals surface area contributed by atoms with E-state index in [2.05, 4.69) is 0 Å². The Kier molecular flexibility index (Phi) is 7.53. The van der Waals surface area contributed by atoms with Crippen molar-refractivity contribution >= 4 is 16.0 Å². The van der Waals surface area contributed by atoms with E-state index in [1.165, 1.54) is 20.7 Å². The van der Waals surface area contributed by atoms with E-state index in [0.717, 1.165) is 5.56 Å². The minimum absolute atomic E-state index is 0.0156. The van der Waals surface area contributed by atoms with Crippen molar-refractivity contribution < 1.29 is 27.1 Å². The Bertz CT molecular complexity index is 740. The van der Waals surface area contributed by atoms with Crippen LogP contribution in [0.3, 0.4) is 0 Å². The number of halogens is 1. The van der Waals surface area contributed by atoms with Crippen LogP contribution < -0.4 is 0 Å². The molecule has 2 heterocycles. The Morgan fingerprint density at radius 2 is 1.75 bits per heavy atom. The molecule has 0 amide bonds. The van der Waals surface area contributed by atoms with E-state index in [1.807, 2.05) is 0 Å². The molecular weight excluding hydrogens is 387 g/mol. The molecule has 0 bridgehead atoms. The Labute approximate surface area is 165 Å². The number of benzene rings is 1. The van der Waals surface area contributed by atoms with Gasteiger partial charge in [-0.05, 0) is 37.0 Å². The third kappa shape index (κ3) is 5.81. The molecule has 3 rings (SSSR count). The predicted octanol–water partition coefficient (Wildman–Crippen LogP) is 1.39. The molecule has 156 valence electrons. The van der Waals surface area contributed by atoms with Crippen molar-refractivity contribution in [3.8, 4) is 0 Å². The first-order valence-electron chi connectivity index (χ1n) is 9.66. The van der Waals surface area contributed by atoms with E-state index in [0.29, 0.717) is 58.7 Å². The molecule has 0 N–H and O–H groups in total. The highest BCUT2D eigenvalue weighted by Gasteiger charge is 2.33. The average molecular weight is 414 g/mol. The third-order valence-electron chi connectivity index (χ3n) is 5.03.